The molecule has 0 saturated heterocycles. The van der Waals surface area contributed by atoms with Gasteiger partial charge in [-0.15, -0.1) is 0 Å². The molecule has 1 heterocycles. The van der Waals surface area contributed by atoms with E-state index in [2.05, 4.69) is 10.4 Å². The monoisotopic (exact) mass is 260 g/mol. The van der Waals surface area contributed by atoms with E-state index in [0.717, 1.165) is 6.07 Å². The number of aliphatic hydroxyl groups excluding tert-OH is 1. The number of benzene rings is 1. The smallest absolute Gasteiger partial charge is 0.124 e. The third-order valence-electron chi connectivity index (χ3n) is 2.70. The highest BCUT2D eigenvalue weighted by atomic mass is 19.1. The Hall–Kier alpha value is -2.39. The van der Waals surface area contributed by atoms with Crippen molar-refractivity contribution in [3.63, 3.8) is 0 Å². The average Bonchev–Trinajstić information content (AvgIpc) is 2.83. The molecule has 0 aliphatic carbocycles. The molecular formula is C13H13FN4O. The molecular weight excluding hydrogens is 247 g/mol. The van der Waals surface area contributed by atoms with Gasteiger partial charge in [-0.05, 0) is 18.2 Å². The number of rotatable bonds is 4. The molecule has 0 amide bonds. The number of nitrogens with one attached hydrogen (secondary N) is 1. The lowest BCUT2D eigenvalue weighted by atomic mass is 10.1. The van der Waals surface area contributed by atoms with Gasteiger partial charge in [-0.3, -0.25) is 4.68 Å². The SMILES string of the molecule is Cn1cc(C(O)CNc2ccc(F)cc2C#N)cn1. The van der Waals surface area contributed by atoms with E-state index < -0.39 is 11.9 Å². The van der Waals surface area contributed by atoms with Gasteiger partial charge in [0.2, 0.25) is 0 Å². The second kappa shape index (κ2) is 5.50. The molecule has 1 unspecified atom stereocenters. The zero-order chi connectivity index (χ0) is 13.8. The molecule has 1 atom stereocenters. The van der Waals surface area contributed by atoms with Gasteiger partial charge in [-0.25, -0.2) is 4.39 Å². The normalized spacial score (nSPS) is 11.9. The van der Waals surface area contributed by atoms with E-state index in [-0.39, 0.29) is 12.1 Å². The Balaban J connectivity index is 2.05. The first-order valence-electron chi connectivity index (χ1n) is 5.70. The van der Waals surface area contributed by atoms with Crippen LogP contribution in [0.5, 0.6) is 0 Å². The molecule has 0 aliphatic heterocycles. The van der Waals surface area contributed by atoms with Gasteiger partial charge >= 0.3 is 0 Å². The molecule has 5 nitrogen and oxygen atoms in total. The molecule has 98 valence electrons. The van der Waals surface area contributed by atoms with Crippen LogP contribution in [0.3, 0.4) is 0 Å². The number of hydrogen-bond donors (Lipinski definition) is 2. The quantitative estimate of drug-likeness (QED) is 0.875. The highest BCUT2D eigenvalue weighted by Crippen LogP contribution is 2.18. The highest BCUT2D eigenvalue weighted by molar-refractivity contribution is 5.57. The minimum absolute atomic E-state index is 0.207. The van der Waals surface area contributed by atoms with Gasteiger partial charge in [0.1, 0.15) is 11.9 Å². The third-order valence-corrected chi connectivity index (χ3v) is 2.70. The van der Waals surface area contributed by atoms with Crippen molar-refractivity contribution in [1.82, 2.24) is 9.78 Å². The van der Waals surface area contributed by atoms with Crippen LogP contribution < -0.4 is 5.32 Å². The number of nitriles is 1. The van der Waals surface area contributed by atoms with Crippen LogP contribution in [0.4, 0.5) is 10.1 Å². The fourth-order valence-electron chi connectivity index (χ4n) is 1.70. The van der Waals surface area contributed by atoms with Gasteiger partial charge in [0.25, 0.3) is 0 Å². The van der Waals surface area contributed by atoms with Crippen LogP contribution in [0.25, 0.3) is 0 Å². The van der Waals surface area contributed by atoms with Crippen LogP contribution >= 0.6 is 0 Å². The summed E-state index contributed by atoms with van der Waals surface area (Å²) in [6, 6.07) is 5.79. The molecule has 1 aromatic heterocycles. The van der Waals surface area contributed by atoms with Gasteiger partial charge < -0.3 is 10.4 Å². The predicted molar refractivity (Wildman–Crippen MR) is 67.8 cm³/mol. The molecule has 0 spiro atoms. The van der Waals surface area contributed by atoms with Crippen LogP contribution in [0.1, 0.15) is 17.2 Å². The lowest BCUT2D eigenvalue weighted by molar-refractivity contribution is 0.191. The van der Waals surface area contributed by atoms with E-state index in [1.807, 2.05) is 6.07 Å². The maximum absolute atomic E-state index is 13.0. The average molecular weight is 260 g/mol. The van der Waals surface area contributed by atoms with Crippen LogP contribution in [0, 0.1) is 17.1 Å². The summed E-state index contributed by atoms with van der Waals surface area (Å²) < 4.78 is 14.6. The van der Waals surface area contributed by atoms with Gasteiger partial charge in [-0.1, -0.05) is 0 Å². The Morgan fingerprint density at radius 2 is 2.37 bits per heavy atom. The molecule has 2 rings (SSSR count). The summed E-state index contributed by atoms with van der Waals surface area (Å²) in [5.74, 6) is -0.463. The van der Waals surface area contributed by atoms with Crippen molar-refractivity contribution >= 4 is 5.69 Å². The topological polar surface area (TPSA) is 73.9 Å². The zero-order valence-corrected chi connectivity index (χ0v) is 10.3. The van der Waals surface area contributed by atoms with Crippen molar-refractivity contribution in [3.05, 3.63) is 47.5 Å². The number of anilines is 1. The first-order valence-corrected chi connectivity index (χ1v) is 5.70. The number of hydrogen-bond acceptors (Lipinski definition) is 4. The fraction of sp³-hybridized carbons (Fsp3) is 0.231. The van der Waals surface area contributed by atoms with E-state index in [4.69, 9.17) is 5.26 Å². The lowest BCUT2D eigenvalue weighted by Crippen LogP contribution is -2.12. The Labute approximate surface area is 109 Å². The second-order valence-corrected chi connectivity index (χ2v) is 4.15. The van der Waals surface area contributed by atoms with E-state index in [1.165, 1.54) is 12.1 Å². The highest BCUT2D eigenvalue weighted by Gasteiger charge is 2.10. The second-order valence-electron chi connectivity index (χ2n) is 4.15. The Morgan fingerprint density at radius 1 is 1.58 bits per heavy atom. The molecule has 2 N–H and O–H groups in total. The van der Waals surface area contributed by atoms with Gasteiger partial charge in [0.15, 0.2) is 0 Å². The largest absolute Gasteiger partial charge is 0.386 e. The van der Waals surface area contributed by atoms with Gasteiger partial charge in [0.05, 0.1) is 23.6 Å². The van der Waals surface area contributed by atoms with E-state index in [9.17, 15) is 9.50 Å². The van der Waals surface area contributed by atoms with Gasteiger partial charge in [0, 0.05) is 25.4 Å². The number of halogens is 1. The molecule has 0 aliphatic rings. The van der Waals surface area contributed by atoms with Crippen molar-refractivity contribution in [2.75, 3.05) is 11.9 Å². The summed E-state index contributed by atoms with van der Waals surface area (Å²) in [5.41, 5.74) is 1.38. The first kappa shape index (κ1) is 13.1. The van der Waals surface area contributed by atoms with Crippen molar-refractivity contribution in [3.8, 4) is 6.07 Å². The van der Waals surface area contributed by atoms with Crippen LogP contribution in [0.2, 0.25) is 0 Å². The molecule has 0 bridgehead atoms. The predicted octanol–water partition coefficient (Wildman–Crippen LogP) is 1.58. The summed E-state index contributed by atoms with van der Waals surface area (Å²) in [7, 11) is 1.76. The van der Waals surface area contributed by atoms with Crippen LogP contribution in [-0.2, 0) is 7.05 Å². The van der Waals surface area contributed by atoms with Crippen molar-refractivity contribution in [1.29, 1.82) is 5.26 Å². The standard InChI is InChI=1S/C13H13FN4O/c1-18-8-10(6-17-18)13(19)7-16-12-3-2-11(14)4-9(12)5-15/h2-4,6,8,13,16,19H,7H2,1H3. The molecule has 19 heavy (non-hydrogen) atoms. The van der Waals surface area contributed by atoms with Crippen molar-refractivity contribution in [2.45, 2.75) is 6.10 Å². The maximum atomic E-state index is 13.0. The Bertz CT molecular complexity index is 617. The Morgan fingerprint density at radius 3 is 3.00 bits per heavy atom. The molecule has 0 radical (unpaired) electrons. The third kappa shape index (κ3) is 3.09. The zero-order valence-electron chi connectivity index (χ0n) is 10.3. The maximum Gasteiger partial charge on any atom is 0.124 e. The lowest BCUT2D eigenvalue weighted by Gasteiger charge is -2.12. The van der Waals surface area contributed by atoms with E-state index >= 15 is 0 Å². The number of aryl methyl sites for hydroxylation is 1. The summed E-state index contributed by atoms with van der Waals surface area (Å²) in [6.07, 6.45) is 2.54. The van der Waals surface area contributed by atoms with E-state index in [0.29, 0.717) is 11.3 Å². The minimum atomic E-state index is -0.745. The first-order chi connectivity index (χ1) is 9.10. The summed E-state index contributed by atoms with van der Waals surface area (Å²) in [4.78, 5) is 0. The molecule has 1 aromatic carbocycles. The number of aromatic nitrogens is 2. The summed E-state index contributed by atoms with van der Waals surface area (Å²) in [5, 5.41) is 25.7. The van der Waals surface area contributed by atoms with E-state index in [1.54, 1.807) is 24.1 Å². The molecule has 0 saturated carbocycles. The number of nitrogens with zero attached hydrogens (tertiary/aromatic N) is 3. The minimum Gasteiger partial charge on any atom is -0.386 e. The number of aliphatic hydroxyl groups is 1. The fourth-order valence-corrected chi connectivity index (χ4v) is 1.70. The molecule has 0 fully saturated rings. The molecule has 6 heteroatoms. The van der Waals surface area contributed by atoms with Crippen LogP contribution in [0.15, 0.2) is 30.6 Å². The Kier molecular flexibility index (Phi) is 3.78. The van der Waals surface area contributed by atoms with Crippen LogP contribution in [-0.4, -0.2) is 21.4 Å². The van der Waals surface area contributed by atoms with Crippen molar-refractivity contribution < 1.29 is 9.50 Å². The summed E-state index contributed by atoms with van der Waals surface area (Å²) >= 11 is 0. The summed E-state index contributed by atoms with van der Waals surface area (Å²) in [6.45, 7) is 0.214. The van der Waals surface area contributed by atoms with Crippen molar-refractivity contribution in [2.24, 2.45) is 7.05 Å². The molecule has 2 aromatic rings. The van der Waals surface area contributed by atoms with Gasteiger partial charge in [-0.2, -0.15) is 10.4 Å².